The van der Waals surface area contributed by atoms with Crippen LogP contribution in [0.1, 0.15) is 6.42 Å². The van der Waals surface area contributed by atoms with Crippen LogP contribution in [0, 0.1) is 11.6 Å². The summed E-state index contributed by atoms with van der Waals surface area (Å²) in [4.78, 5) is 11.6. The molecule has 0 aromatic heterocycles. The van der Waals surface area contributed by atoms with Gasteiger partial charge < -0.3 is 10.6 Å². The van der Waals surface area contributed by atoms with Crippen molar-refractivity contribution in [2.45, 2.75) is 12.5 Å². The van der Waals surface area contributed by atoms with Gasteiger partial charge in [-0.05, 0) is 18.6 Å². The van der Waals surface area contributed by atoms with Crippen LogP contribution in [0.3, 0.4) is 0 Å². The number of nitrogens with one attached hydrogen (secondary N) is 2. The quantitative estimate of drug-likeness (QED) is 0.858. The SMILES string of the molecule is O=C(CNc1ccc(F)c(F)c1)NC1CCS(=O)(=O)C1. The number of benzene rings is 1. The number of amides is 1. The van der Waals surface area contributed by atoms with E-state index in [2.05, 4.69) is 10.6 Å². The van der Waals surface area contributed by atoms with E-state index in [-0.39, 0.29) is 29.8 Å². The van der Waals surface area contributed by atoms with E-state index < -0.39 is 27.4 Å². The van der Waals surface area contributed by atoms with Crippen LogP contribution < -0.4 is 10.6 Å². The Balaban J connectivity index is 1.82. The number of carbonyl (C=O) groups excluding carboxylic acids is 1. The molecule has 20 heavy (non-hydrogen) atoms. The van der Waals surface area contributed by atoms with Crippen LogP contribution in [0.15, 0.2) is 18.2 Å². The summed E-state index contributed by atoms with van der Waals surface area (Å²) in [5.41, 5.74) is 0.276. The zero-order chi connectivity index (χ0) is 14.8. The van der Waals surface area contributed by atoms with Crippen LogP contribution in [-0.4, -0.2) is 38.4 Å². The highest BCUT2D eigenvalue weighted by molar-refractivity contribution is 7.91. The number of sulfone groups is 1. The van der Waals surface area contributed by atoms with Gasteiger partial charge >= 0.3 is 0 Å². The van der Waals surface area contributed by atoms with Crippen molar-refractivity contribution < 1.29 is 22.0 Å². The fraction of sp³-hybridized carbons (Fsp3) is 0.417. The summed E-state index contributed by atoms with van der Waals surface area (Å²) < 4.78 is 48.1. The van der Waals surface area contributed by atoms with Gasteiger partial charge in [0.25, 0.3) is 0 Å². The van der Waals surface area contributed by atoms with E-state index in [1.807, 2.05) is 0 Å². The van der Waals surface area contributed by atoms with Crippen molar-refractivity contribution in [3.05, 3.63) is 29.8 Å². The molecule has 110 valence electrons. The van der Waals surface area contributed by atoms with E-state index in [0.29, 0.717) is 6.42 Å². The van der Waals surface area contributed by atoms with Crippen LogP contribution in [0.2, 0.25) is 0 Å². The number of rotatable bonds is 4. The minimum atomic E-state index is -3.04. The third-order valence-electron chi connectivity index (χ3n) is 2.97. The number of halogens is 2. The van der Waals surface area contributed by atoms with Crippen molar-refractivity contribution in [2.24, 2.45) is 0 Å². The largest absolute Gasteiger partial charge is 0.376 e. The second-order valence-corrected chi connectivity index (χ2v) is 6.88. The van der Waals surface area contributed by atoms with Gasteiger partial charge in [-0.2, -0.15) is 0 Å². The molecule has 1 aromatic rings. The lowest BCUT2D eigenvalue weighted by Crippen LogP contribution is -2.39. The maximum atomic E-state index is 12.9. The summed E-state index contributed by atoms with van der Waals surface area (Å²) in [6.45, 7) is -0.137. The summed E-state index contributed by atoms with van der Waals surface area (Å²) >= 11 is 0. The molecule has 1 unspecified atom stereocenters. The molecule has 0 bridgehead atoms. The molecule has 1 saturated heterocycles. The highest BCUT2D eigenvalue weighted by Crippen LogP contribution is 2.13. The fourth-order valence-corrected chi connectivity index (χ4v) is 3.65. The van der Waals surface area contributed by atoms with Crippen molar-refractivity contribution in [3.8, 4) is 0 Å². The zero-order valence-electron chi connectivity index (χ0n) is 10.5. The first kappa shape index (κ1) is 14.7. The minimum Gasteiger partial charge on any atom is -0.376 e. The van der Waals surface area contributed by atoms with Crippen molar-refractivity contribution >= 4 is 21.4 Å². The fourth-order valence-electron chi connectivity index (χ4n) is 1.98. The Morgan fingerprint density at radius 1 is 1.30 bits per heavy atom. The molecule has 1 amide bonds. The Bertz CT molecular complexity index is 619. The van der Waals surface area contributed by atoms with Crippen LogP contribution in [0.5, 0.6) is 0 Å². The van der Waals surface area contributed by atoms with Gasteiger partial charge in [0.15, 0.2) is 21.5 Å². The van der Waals surface area contributed by atoms with Crippen molar-refractivity contribution in [1.82, 2.24) is 5.32 Å². The molecule has 8 heteroatoms. The van der Waals surface area contributed by atoms with Gasteiger partial charge in [-0.3, -0.25) is 4.79 Å². The topological polar surface area (TPSA) is 75.3 Å². The van der Waals surface area contributed by atoms with Crippen LogP contribution in [-0.2, 0) is 14.6 Å². The van der Waals surface area contributed by atoms with Gasteiger partial charge in [-0.1, -0.05) is 0 Å². The lowest BCUT2D eigenvalue weighted by Gasteiger charge is -2.12. The first-order valence-corrected chi connectivity index (χ1v) is 7.86. The van der Waals surface area contributed by atoms with E-state index in [0.717, 1.165) is 12.1 Å². The first-order chi connectivity index (χ1) is 9.35. The van der Waals surface area contributed by atoms with E-state index >= 15 is 0 Å². The lowest BCUT2D eigenvalue weighted by atomic mass is 10.2. The Morgan fingerprint density at radius 2 is 2.05 bits per heavy atom. The molecule has 0 saturated carbocycles. The highest BCUT2D eigenvalue weighted by atomic mass is 32.2. The average molecular weight is 304 g/mol. The summed E-state index contributed by atoms with van der Waals surface area (Å²) in [6.07, 6.45) is 0.402. The van der Waals surface area contributed by atoms with Crippen molar-refractivity contribution in [1.29, 1.82) is 0 Å². The Labute approximate surface area is 115 Å². The highest BCUT2D eigenvalue weighted by Gasteiger charge is 2.28. The number of anilines is 1. The second-order valence-electron chi connectivity index (χ2n) is 4.65. The molecule has 2 rings (SSSR count). The van der Waals surface area contributed by atoms with Crippen molar-refractivity contribution in [2.75, 3.05) is 23.4 Å². The third-order valence-corrected chi connectivity index (χ3v) is 4.74. The van der Waals surface area contributed by atoms with Crippen LogP contribution >= 0.6 is 0 Å². The molecule has 1 aliphatic rings. The van der Waals surface area contributed by atoms with Crippen molar-refractivity contribution in [3.63, 3.8) is 0 Å². The van der Waals surface area contributed by atoms with Gasteiger partial charge in [0.1, 0.15) is 0 Å². The van der Waals surface area contributed by atoms with Crippen LogP contribution in [0.4, 0.5) is 14.5 Å². The van der Waals surface area contributed by atoms with E-state index in [1.54, 1.807) is 0 Å². The molecule has 0 aliphatic carbocycles. The monoisotopic (exact) mass is 304 g/mol. The zero-order valence-corrected chi connectivity index (χ0v) is 11.3. The Hall–Kier alpha value is -1.70. The molecule has 1 aliphatic heterocycles. The summed E-state index contributed by atoms with van der Waals surface area (Å²) in [6, 6.07) is 2.84. The second kappa shape index (κ2) is 5.74. The molecule has 1 heterocycles. The van der Waals surface area contributed by atoms with E-state index in [9.17, 15) is 22.0 Å². The molecular formula is C12H14F2N2O3S. The summed E-state index contributed by atoms with van der Waals surface area (Å²) in [5, 5.41) is 5.22. The minimum absolute atomic E-state index is 0.0517. The molecule has 2 N–H and O–H groups in total. The van der Waals surface area contributed by atoms with E-state index in [4.69, 9.17) is 0 Å². The maximum absolute atomic E-state index is 12.9. The Kier molecular flexibility index (Phi) is 4.22. The lowest BCUT2D eigenvalue weighted by molar-refractivity contribution is -0.119. The average Bonchev–Trinajstić information content (AvgIpc) is 2.70. The van der Waals surface area contributed by atoms with Gasteiger partial charge in [-0.25, -0.2) is 17.2 Å². The smallest absolute Gasteiger partial charge is 0.239 e. The van der Waals surface area contributed by atoms with Gasteiger partial charge in [0, 0.05) is 17.8 Å². The molecular weight excluding hydrogens is 290 g/mol. The molecule has 0 spiro atoms. The first-order valence-electron chi connectivity index (χ1n) is 6.04. The van der Waals surface area contributed by atoms with Gasteiger partial charge in [0.2, 0.25) is 5.91 Å². The summed E-state index contributed by atoms with van der Waals surface area (Å²) in [5.74, 6) is -2.33. The maximum Gasteiger partial charge on any atom is 0.239 e. The molecule has 1 atom stereocenters. The molecule has 1 aromatic carbocycles. The standard InChI is InChI=1S/C12H14F2N2O3S/c13-10-2-1-8(5-11(10)14)15-6-12(17)16-9-3-4-20(18,19)7-9/h1-2,5,9,15H,3-4,6-7H2,(H,16,17). The molecule has 0 radical (unpaired) electrons. The molecule has 1 fully saturated rings. The van der Waals surface area contributed by atoms with Gasteiger partial charge in [0.05, 0.1) is 18.1 Å². The van der Waals surface area contributed by atoms with Gasteiger partial charge in [-0.15, -0.1) is 0 Å². The van der Waals surface area contributed by atoms with E-state index in [1.165, 1.54) is 6.07 Å². The molecule has 5 nitrogen and oxygen atoms in total. The van der Waals surface area contributed by atoms with Crippen LogP contribution in [0.25, 0.3) is 0 Å². The summed E-state index contributed by atoms with van der Waals surface area (Å²) in [7, 11) is -3.04. The predicted molar refractivity (Wildman–Crippen MR) is 70.0 cm³/mol. The predicted octanol–water partition coefficient (Wildman–Crippen LogP) is 0.680. The number of hydrogen-bond acceptors (Lipinski definition) is 4. The Morgan fingerprint density at radius 3 is 2.65 bits per heavy atom. The third kappa shape index (κ3) is 3.89. The normalized spacial score (nSPS) is 20.6. The number of carbonyl (C=O) groups is 1. The number of hydrogen-bond donors (Lipinski definition) is 2.